The summed E-state index contributed by atoms with van der Waals surface area (Å²) >= 11 is 0. The van der Waals surface area contributed by atoms with Crippen LogP contribution in [-0.2, 0) is 9.57 Å². The molecule has 0 saturated carbocycles. The van der Waals surface area contributed by atoms with Gasteiger partial charge in [-0.3, -0.25) is 0 Å². The minimum atomic E-state index is -0.630. The summed E-state index contributed by atoms with van der Waals surface area (Å²) in [6.45, 7) is 10.7. The van der Waals surface area contributed by atoms with Crippen LogP contribution in [0.2, 0.25) is 0 Å². The van der Waals surface area contributed by atoms with E-state index in [4.69, 9.17) is 9.57 Å². The Morgan fingerprint density at radius 2 is 1.87 bits per heavy atom. The highest BCUT2D eigenvalue weighted by atomic mass is 16.8. The Kier molecular flexibility index (Phi) is 3.74. The molecule has 0 N–H and O–H groups in total. The van der Waals surface area contributed by atoms with Crippen LogP contribution in [0, 0.1) is 0 Å². The van der Waals surface area contributed by atoms with Gasteiger partial charge >= 0.3 is 6.16 Å². The van der Waals surface area contributed by atoms with Crippen molar-refractivity contribution in [2.24, 2.45) is 0 Å². The molecule has 0 unspecified atom stereocenters. The van der Waals surface area contributed by atoms with Crippen LogP contribution in [0.15, 0.2) is 12.2 Å². The molecule has 1 saturated heterocycles. The number of hydrogen-bond acceptors (Lipinski definition) is 4. The molecule has 4 heteroatoms. The zero-order chi connectivity index (χ0) is 11.5. The fraction of sp³-hybridized carbons (Fsp3) is 0.727. The van der Waals surface area contributed by atoms with Gasteiger partial charge in [0.05, 0.1) is 0 Å². The number of hydroxylamine groups is 2. The number of carbonyl (C=O) groups excluding carboxylic acids is 1. The average Bonchev–Trinajstić information content (AvgIpc) is 2.05. The predicted molar refractivity (Wildman–Crippen MR) is 57.3 cm³/mol. The van der Waals surface area contributed by atoms with Crippen LogP contribution in [0.1, 0.15) is 33.6 Å². The molecule has 0 aliphatic carbocycles. The normalized spacial score (nSPS) is 18.7. The second-order valence-electron chi connectivity index (χ2n) is 4.73. The molecule has 1 rings (SSSR count). The number of piperidine rings is 1. The average molecular weight is 213 g/mol. The van der Waals surface area contributed by atoms with Crippen molar-refractivity contribution in [3.8, 4) is 0 Å². The van der Waals surface area contributed by atoms with Gasteiger partial charge in [-0.25, -0.2) is 4.79 Å². The molecule has 1 aliphatic heterocycles. The number of rotatable bonds is 1. The van der Waals surface area contributed by atoms with Gasteiger partial charge < -0.3 is 9.57 Å². The molecule has 0 atom stereocenters. The summed E-state index contributed by atoms with van der Waals surface area (Å²) in [5.74, 6) is 0. The first-order valence-corrected chi connectivity index (χ1v) is 5.19. The molecule has 1 heterocycles. The molecule has 0 amide bonds. The summed E-state index contributed by atoms with van der Waals surface area (Å²) in [4.78, 5) is 16.3. The largest absolute Gasteiger partial charge is 0.528 e. The first-order chi connectivity index (χ1) is 6.87. The maximum Gasteiger partial charge on any atom is 0.528 e. The summed E-state index contributed by atoms with van der Waals surface area (Å²) < 4.78 is 5.04. The van der Waals surface area contributed by atoms with Crippen LogP contribution in [-0.4, -0.2) is 29.9 Å². The van der Waals surface area contributed by atoms with E-state index in [2.05, 4.69) is 6.58 Å². The van der Waals surface area contributed by atoms with Gasteiger partial charge in [-0.15, -0.1) is 5.06 Å². The molecule has 4 nitrogen and oxygen atoms in total. The lowest BCUT2D eigenvalue weighted by atomic mass is 10.1. The Morgan fingerprint density at radius 3 is 2.33 bits per heavy atom. The SMILES string of the molecule is C=C1CCN(OC(=O)OC(C)(C)C)CC1. The van der Waals surface area contributed by atoms with Crippen molar-refractivity contribution in [1.29, 1.82) is 0 Å². The van der Waals surface area contributed by atoms with Gasteiger partial charge in [0, 0.05) is 13.1 Å². The zero-order valence-corrected chi connectivity index (χ0v) is 9.71. The fourth-order valence-electron chi connectivity index (χ4n) is 1.27. The number of nitrogens with zero attached hydrogens (tertiary/aromatic N) is 1. The van der Waals surface area contributed by atoms with Crippen molar-refractivity contribution in [2.75, 3.05) is 13.1 Å². The lowest BCUT2D eigenvalue weighted by Crippen LogP contribution is -2.35. The Labute approximate surface area is 90.8 Å². The summed E-state index contributed by atoms with van der Waals surface area (Å²) in [6.07, 6.45) is 1.13. The standard InChI is InChI=1S/C11H19NO3/c1-9-5-7-12(8-6-9)15-10(13)14-11(2,3)4/h1,5-8H2,2-4H3. The number of hydrogen-bond donors (Lipinski definition) is 0. The molecule has 0 spiro atoms. The van der Waals surface area contributed by atoms with Gasteiger partial charge in [0.1, 0.15) is 5.60 Å². The summed E-state index contributed by atoms with van der Waals surface area (Å²) in [6, 6.07) is 0. The Bertz CT molecular complexity index is 245. The van der Waals surface area contributed by atoms with Crippen LogP contribution < -0.4 is 0 Å². The third-order valence-corrected chi connectivity index (χ3v) is 2.02. The van der Waals surface area contributed by atoms with E-state index in [9.17, 15) is 4.79 Å². The van der Waals surface area contributed by atoms with Crippen molar-refractivity contribution in [3.63, 3.8) is 0 Å². The first kappa shape index (κ1) is 12.0. The molecule has 0 aromatic rings. The Hall–Kier alpha value is -1.03. The van der Waals surface area contributed by atoms with Gasteiger partial charge in [0.2, 0.25) is 0 Å². The maximum atomic E-state index is 11.3. The van der Waals surface area contributed by atoms with Gasteiger partial charge in [-0.1, -0.05) is 12.2 Å². The van der Waals surface area contributed by atoms with Crippen molar-refractivity contribution in [1.82, 2.24) is 5.06 Å². The van der Waals surface area contributed by atoms with E-state index in [1.807, 2.05) is 20.8 Å². The molecule has 0 aromatic carbocycles. The molecule has 0 bridgehead atoms. The van der Waals surface area contributed by atoms with Gasteiger partial charge in [-0.05, 0) is 33.6 Å². The van der Waals surface area contributed by atoms with E-state index >= 15 is 0 Å². The number of ether oxygens (including phenoxy) is 1. The molecule has 0 aromatic heterocycles. The highest BCUT2D eigenvalue weighted by Gasteiger charge is 2.22. The third-order valence-electron chi connectivity index (χ3n) is 2.02. The van der Waals surface area contributed by atoms with Crippen molar-refractivity contribution >= 4 is 6.16 Å². The topological polar surface area (TPSA) is 38.8 Å². The van der Waals surface area contributed by atoms with Crippen molar-refractivity contribution in [3.05, 3.63) is 12.2 Å². The number of carbonyl (C=O) groups is 1. The van der Waals surface area contributed by atoms with E-state index < -0.39 is 11.8 Å². The van der Waals surface area contributed by atoms with Crippen LogP contribution in [0.3, 0.4) is 0 Å². The molecular formula is C11H19NO3. The fourth-order valence-corrected chi connectivity index (χ4v) is 1.27. The van der Waals surface area contributed by atoms with E-state index in [1.54, 1.807) is 5.06 Å². The highest BCUT2D eigenvalue weighted by molar-refractivity contribution is 5.60. The quantitative estimate of drug-likeness (QED) is 0.495. The van der Waals surface area contributed by atoms with E-state index in [-0.39, 0.29) is 0 Å². The lowest BCUT2D eigenvalue weighted by molar-refractivity contribution is -0.146. The summed E-state index contributed by atoms with van der Waals surface area (Å²) in [5.41, 5.74) is 0.704. The summed E-state index contributed by atoms with van der Waals surface area (Å²) in [7, 11) is 0. The molecule has 0 radical (unpaired) electrons. The molecular weight excluding hydrogens is 194 g/mol. The second kappa shape index (κ2) is 4.66. The zero-order valence-electron chi connectivity index (χ0n) is 9.71. The second-order valence-corrected chi connectivity index (χ2v) is 4.73. The van der Waals surface area contributed by atoms with Crippen LogP contribution in [0.25, 0.3) is 0 Å². The first-order valence-electron chi connectivity index (χ1n) is 5.19. The monoisotopic (exact) mass is 213 g/mol. The van der Waals surface area contributed by atoms with E-state index in [1.165, 1.54) is 5.57 Å². The minimum Gasteiger partial charge on any atom is -0.427 e. The van der Waals surface area contributed by atoms with Crippen molar-refractivity contribution < 1.29 is 14.4 Å². The highest BCUT2D eigenvalue weighted by Crippen LogP contribution is 2.15. The summed E-state index contributed by atoms with van der Waals surface area (Å²) in [5, 5.41) is 1.63. The van der Waals surface area contributed by atoms with Crippen LogP contribution in [0.5, 0.6) is 0 Å². The molecule has 15 heavy (non-hydrogen) atoms. The van der Waals surface area contributed by atoms with Crippen LogP contribution in [0.4, 0.5) is 4.79 Å². The molecule has 1 fully saturated rings. The molecule has 86 valence electrons. The van der Waals surface area contributed by atoms with Crippen LogP contribution >= 0.6 is 0 Å². The minimum absolute atomic E-state index is 0.504. The lowest BCUT2D eigenvalue weighted by Gasteiger charge is -2.27. The van der Waals surface area contributed by atoms with E-state index in [0.717, 1.165) is 12.8 Å². The van der Waals surface area contributed by atoms with Gasteiger partial charge in [0.15, 0.2) is 0 Å². The third kappa shape index (κ3) is 4.83. The predicted octanol–water partition coefficient (Wildman–Crippen LogP) is 2.51. The van der Waals surface area contributed by atoms with Gasteiger partial charge in [-0.2, -0.15) is 0 Å². The Balaban J connectivity index is 2.29. The maximum absolute atomic E-state index is 11.3. The van der Waals surface area contributed by atoms with E-state index in [0.29, 0.717) is 13.1 Å². The smallest absolute Gasteiger partial charge is 0.427 e. The van der Waals surface area contributed by atoms with Crippen molar-refractivity contribution in [2.45, 2.75) is 39.2 Å². The van der Waals surface area contributed by atoms with Gasteiger partial charge in [0.25, 0.3) is 0 Å². The molecule has 1 aliphatic rings. The Morgan fingerprint density at radius 1 is 1.33 bits per heavy atom.